The minimum absolute atomic E-state index is 0.0447. The first-order valence-corrected chi connectivity index (χ1v) is 10.7. The first-order valence-electron chi connectivity index (χ1n) is 10.7. The smallest absolute Gasteiger partial charge is 0.306 e. The highest BCUT2D eigenvalue weighted by Crippen LogP contribution is 2.35. The Labute approximate surface area is 181 Å². The lowest BCUT2D eigenvalue weighted by molar-refractivity contribution is -0.145. The SMILES string of the molecule is CC(C)Cc1ccccc1-c1nc(C(C)(NC2CC(C(=O)O)C2)c2ccccn2)no1. The highest BCUT2D eigenvalue weighted by Gasteiger charge is 2.43. The third-order valence-electron chi connectivity index (χ3n) is 5.91. The maximum Gasteiger partial charge on any atom is 0.306 e. The number of carbonyl (C=O) groups is 1. The Hall–Kier alpha value is -3.06. The monoisotopic (exact) mass is 420 g/mol. The number of hydrogen-bond donors (Lipinski definition) is 2. The second-order valence-corrected chi connectivity index (χ2v) is 8.87. The lowest BCUT2D eigenvalue weighted by Crippen LogP contribution is -2.54. The fourth-order valence-corrected chi connectivity index (χ4v) is 4.14. The predicted octanol–water partition coefficient (Wildman–Crippen LogP) is 4.05. The van der Waals surface area contributed by atoms with Crippen LogP contribution in [0.25, 0.3) is 11.5 Å². The number of nitrogens with zero attached hydrogens (tertiary/aromatic N) is 3. The quantitative estimate of drug-likeness (QED) is 0.567. The molecule has 7 nitrogen and oxygen atoms in total. The van der Waals surface area contributed by atoms with E-state index in [0.717, 1.165) is 17.7 Å². The lowest BCUT2D eigenvalue weighted by Gasteiger charge is -2.39. The minimum Gasteiger partial charge on any atom is -0.481 e. The van der Waals surface area contributed by atoms with Gasteiger partial charge in [0.1, 0.15) is 5.54 Å². The topological polar surface area (TPSA) is 101 Å². The molecule has 2 heterocycles. The largest absolute Gasteiger partial charge is 0.481 e. The van der Waals surface area contributed by atoms with Crippen molar-refractivity contribution in [3.8, 4) is 11.5 Å². The summed E-state index contributed by atoms with van der Waals surface area (Å²) in [6.45, 7) is 6.33. The van der Waals surface area contributed by atoms with Gasteiger partial charge in [0.2, 0.25) is 0 Å². The van der Waals surface area contributed by atoms with Crippen LogP contribution in [0.5, 0.6) is 0 Å². The van der Waals surface area contributed by atoms with Crippen LogP contribution in [0, 0.1) is 11.8 Å². The maximum absolute atomic E-state index is 11.2. The molecule has 3 aromatic rings. The van der Waals surface area contributed by atoms with E-state index in [4.69, 9.17) is 9.51 Å². The molecule has 0 amide bonds. The number of nitrogens with one attached hydrogen (secondary N) is 1. The number of carboxylic acid groups (broad SMARTS) is 1. The van der Waals surface area contributed by atoms with E-state index in [9.17, 15) is 9.90 Å². The molecule has 0 bridgehead atoms. The zero-order chi connectivity index (χ0) is 22.0. The normalized spacial score (nSPS) is 20.3. The van der Waals surface area contributed by atoms with Gasteiger partial charge in [-0.3, -0.25) is 15.1 Å². The van der Waals surface area contributed by atoms with Crippen LogP contribution < -0.4 is 5.32 Å². The molecule has 0 radical (unpaired) electrons. The Morgan fingerprint density at radius 2 is 1.97 bits per heavy atom. The van der Waals surface area contributed by atoms with Crippen molar-refractivity contribution in [3.63, 3.8) is 0 Å². The molecular weight excluding hydrogens is 392 g/mol. The molecule has 1 aliphatic rings. The lowest BCUT2D eigenvalue weighted by atomic mass is 9.78. The number of rotatable bonds is 8. The fourth-order valence-electron chi connectivity index (χ4n) is 4.14. The number of carboxylic acids is 1. The molecule has 1 aromatic carbocycles. The zero-order valence-corrected chi connectivity index (χ0v) is 18.1. The second-order valence-electron chi connectivity index (χ2n) is 8.87. The molecule has 1 saturated carbocycles. The minimum atomic E-state index is -0.801. The Kier molecular flexibility index (Phi) is 5.87. The van der Waals surface area contributed by atoms with E-state index in [2.05, 4.69) is 35.4 Å². The van der Waals surface area contributed by atoms with Crippen LogP contribution >= 0.6 is 0 Å². The van der Waals surface area contributed by atoms with Crippen LogP contribution in [0.2, 0.25) is 0 Å². The van der Waals surface area contributed by atoms with Crippen molar-refractivity contribution in [1.82, 2.24) is 20.4 Å². The summed E-state index contributed by atoms with van der Waals surface area (Å²) in [6, 6.07) is 13.8. The van der Waals surface area contributed by atoms with Crippen molar-refractivity contribution in [3.05, 3.63) is 65.7 Å². The third kappa shape index (κ3) is 4.37. The molecule has 1 unspecified atom stereocenters. The van der Waals surface area contributed by atoms with E-state index in [1.807, 2.05) is 43.3 Å². The van der Waals surface area contributed by atoms with Crippen molar-refractivity contribution < 1.29 is 14.4 Å². The molecule has 0 aliphatic heterocycles. The van der Waals surface area contributed by atoms with E-state index in [-0.39, 0.29) is 12.0 Å². The first-order chi connectivity index (χ1) is 14.9. The molecule has 2 N–H and O–H groups in total. The molecule has 0 saturated heterocycles. The van der Waals surface area contributed by atoms with Crippen LogP contribution in [0.3, 0.4) is 0 Å². The summed E-state index contributed by atoms with van der Waals surface area (Å²) in [7, 11) is 0. The van der Waals surface area contributed by atoms with Gasteiger partial charge in [0.15, 0.2) is 5.82 Å². The molecule has 162 valence electrons. The highest BCUT2D eigenvalue weighted by molar-refractivity contribution is 5.71. The zero-order valence-electron chi connectivity index (χ0n) is 18.1. The summed E-state index contributed by atoms with van der Waals surface area (Å²) < 4.78 is 5.71. The number of aromatic nitrogens is 3. The molecule has 0 spiro atoms. The molecule has 1 aliphatic carbocycles. The van der Waals surface area contributed by atoms with Crippen molar-refractivity contribution in [2.75, 3.05) is 0 Å². The van der Waals surface area contributed by atoms with Crippen LogP contribution in [-0.2, 0) is 16.8 Å². The Bertz CT molecular complexity index is 1040. The third-order valence-corrected chi connectivity index (χ3v) is 5.91. The van der Waals surface area contributed by atoms with Gasteiger partial charge in [-0.1, -0.05) is 43.3 Å². The summed E-state index contributed by atoms with van der Waals surface area (Å²) in [5, 5.41) is 17.1. The Morgan fingerprint density at radius 1 is 1.23 bits per heavy atom. The molecule has 31 heavy (non-hydrogen) atoms. The van der Waals surface area contributed by atoms with Crippen LogP contribution in [0.1, 0.15) is 50.7 Å². The standard InChI is InChI=1S/C24H28N4O3/c1-15(2)12-16-8-4-5-9-19(16)21-26-23(28-31-21)24(3,20-10-6-7-11-25-20)27-18-13-17(14-18)22(29)30/h4-11,15,17-18,27H,12-14H2,1-3H3,(H,29,30). The van der Waals surface area contributed by atoms with Gasteiger partial charge in [-0.15, -0.1) is 0 Å². The van der Waals surface area contributed by atoms with E-state index < -0.39 is 11.5 Å². The number of hydrogen-bond acceptors (Lipinski definition) is 6. The molecule has 4 rings (SSSR count). The number of benzene rings is 1. The summed E-state index contributed by atoms with van der Waals surface area (Å²) >= 11 is 0. The van der Waals surface area contributed by atoms with E-state index in [0.29, 0.717) is 30.5 Å². The summed E-state index contributed by atoms with van der Waals surface area (Å²) in [5.74, 6) is 0.409. The van der Waals surface area contributed by atoms with E-state index >= 15 is 0 Å². The van der Waals surface area contributed by atoms with Gasteiger partial charge >= 0.3 is 5.97 Å². The van der Waals surface area contributed by atoms with Gasteiger partial charge in [-0.05, 0) is 55.9 Å². The van der Waals surface area contributed by atoms with Crippen LogP contribution in [-0.4, -0.2) is 32.2 Å². The van der Waals surface area contributed by atoms with Gasteiger partial charge in [-0.25, -0.2) is 0 Å². The average Bonchev–Trinajstić information content (AvgIpc) is 3.21. The first kappa shape index (κ1) is 21.2. The molecule has 7 heteroatoms. The molecule has 1 fully saturated rings. The Morgan fingerprint density at radius 3 is 2.65 bits per heavy atom. The molecule has 1 atom stereocenters. The van der Waals surface area contributed by atoms with Gasteiger partial charge in [0, 0.05) is 17.8 Å². The van der Waals surface area contributed by atoms with E-state index in [1.165, 1.54) is 5.56 Å². The summed E-state index contributed by atoms with van der Waals surface area (Å²) in [4.78, 5) is 20.5. The fraction of sp³-hybridized carbons (Fsp3) is 0.417. The molecule has 2 aromatic heterocycles. The number of aliphatic carboxylic acids is 1. The second kappa shape index (κ2) is 8.59. The Balaban J connectivity index is 1.67. The van der Waals surface area contributed by atoms with Gasteiger partial charge in [-0.2, -0.15) is 4.98 Å². The van der Waals surface area contributed by atoms with Gasteiger partial charge in [0.05, 0.1) is 11.6 Å². The van der Waals surface area contributed by atoms with Crippen molar-refractivity contribution >= 4 is 5.97 Å². The average molecular weight is 421 g/mol. The summed E-state index contributed by atoms with van der Waals surface area (Å²) in [5.41, 5.74) is 2.07. The van der Waals surface area contributed by atoms with Gasteiger partial charge in [0.25, 0.3) is 5.89 Å². The highest BCUT2D eigenvalue weighted by atomic mass is 16.5. The van der Waals surface area contributed by atoms with E-state index in [1.54, 1.807) is 6.20 Å². The predicted molar refractivity (Wildman–Crippen MR) is 116 cm³/mol. The maximum atomic E-state index is 11.2. The summed E-state index contributed by atoms with van der Waals surface area (Å²) in [6.07, 6.45) is 3.79. The van der Waals surface area contributed by atoms with Crippen LogP contribution in [0.15, 0.2) is 53.2 Å². The van der Waals surface area contributed by atoms with Crippen LogP contribution in [0.4, 0.5) is 0 Å². The van der Waals surface area contributed by atoms with Crippen molar-refractivity contribution in [1.29, 1.82) is 0 Å². The van der Waals surface area contributed by atoms with Crippen molar-refractivity contribution in [2.24, 2.45) is 11.8 Å². The molecular formula is C24H28N4O3. The van der Waals surface area contributed by atoms with Crippen molar-refractivity contribution in [2.45, 2.75) is 51.6 Å². The van der Waals surface area contributed by atoms with Gasteiger partial charge < -0.3 is 9.63 Å². The number of pyridine rings is 1.